The van der Waals surface area contributed by atoms with Gasteiger partial charge in [-0.05, 0) is 39.0 Å². The van der Waals surface area contributed by atoms with Crippen LogP contribution in [-0.4, -0.2) is 24.0 Å². The molecule has 15 heavy (non-hydrogen) atoms. The predicted octanol–water partition coefficient (Wildman–Crippen LogP) is 1.35. The molecule has 0 bridgehead atoms. The van der Waals surface area contributed by atoms with E-state index >= 15 is 0 Å². The Morgan fingerprint density at radius 2 is 2.07 bits per heavy atom. The van der Waals surface area contributed by atoms with Gasteiger partial charge in [0.15, 0.2) is 0 Å². The first-order valence-electron chi connectivity index (χ1n) is 5.97. The lowest BCUT2D eigenvalue weighted by atomic mass is 10.0. The molecule has 2 N–H and O–H groups in total. The van der Waals surface area contributed by atoms with E-state index in [2.05, 4.69) is 22.8 Å². The maximum atomic E-state index is 11.7. The van der Waals surface area contributed by atoms with E-state index in [1.54, 1.807) is 0 Å². The molecule has 1 amide bonds. The molecule has 2 atom stereocenters. The minimum absolute atomic E-state index is 0.0536. The maximum Gasteiger partial charge on any atom is 0.237 e. The van der Waals surface area contributed by atoms with Crippen LogP contribution in [0.25, 0.3) is 0 Å². The standard InChI is InChI=1S/C12H20N2O/c1-9(12(15)14-11-7-8-11)13-10-5-3-2-4-6-10/h2-3,9-11,13H,4-8H2,1H3,(H,14,15). The lowest BCUT2D eigenvalue weighted by molar-refractivity contribution is -0.123. The Labute approximate surface area is 91.3 Å². The van der Waals surface area contributed by atoms with Gasteiger partial charge in [-0.3, -0.25) is 4.79 Å². The van der Waals surface area contributed by atoms with E-state index in [1.165, 1.54) is 0 Å². The first-order valence-corrected chi connectivity index (χ1v) is 5.97. The minimum Gasteiger partial charge on any atom is -0.352 e. The third kappa shape index (κ3) is 3.34. The van der Waals surface area contributed by atoms with E-state index in [4.69, 9.17) is 0 Å². The van der Waals surface area contributed by atoms with Gasteiger partial charge >= 0.3 is 0 Å². The molecule has 3 heteroatoms. The highest BCUT2D eigenvalue weighted by molar-refractivity contribution is 5.81. The van der Waals surface area contributed by atoms with Gasteiger partial charge in [0.1, 0.15) is 0 Å². The van der Waals surface area contributed by atoms with Crippen LogP contribution < -0.4 is 10.6 Å². The van der Waals surface area contributed by atoms with Gasteiger partial charge in [-0.1, -0.05) is 12.2 Å². The van der Waals surface area contributed by atoms with Crippen LogP contribution in [0.1, 0.15) is 39.0 Å². The van der Waals surface area contributed by atoms with Crippen molar-refractivity contribution in [3.05, 3.63) is 12.2 Å². The Bertz CT molecular complexity index is 258. The van der Waals surface area contributed by atoms with Gasteiger partial charge in [0, 0.05) is 12.1 Å². The maximum absolute atomic E-state index is 11.7. The molecule has 0 aromatic carbocycles. The first kappa shape index (κ1) is 10.7. The molecule has 84 valence electrons. The topological polar surface area (TPSA) is 41.1 Å². The summed E-state index contributed by atoms with van der Waals surface area (Å²) in [6.45, 7) is 1.95. The normalized spacial score (nSPS) is 27.4. The fourth-order valence-corrected chi connectivity index (χ4v) is 1.93. The molecule has 0 aromatic heterocycles. The molecule has 2 aliphatic rings. The largest absolute Gasteiger partial charge is 0.352 e. The Morgan fingerprint density at radius 3 is 2.67 bits per heavy atom. The zero-order chi connectivity index (χ0) is 10.7. The molecule has 2 rings (SSSR count). The summed E-state index contributed by atoms with van der Waals surface area (Å²) >= 11 is 0. The van der Waals surface area contributed by atoms with Crippen LogP contribution in [0.15, 0.2) is 12.2 Å². The monoisotopic (exact) mass is 208 g/mol. The second-order valence-electron chi connectivity index (χ2n) is 4.65. The van der Waals surface area contributed by atoms with Crippen LogP contribution in [0.4, 0.5) is 0 Å². The molecule has 0 radical (unpaired) electrons. The highest BCUT2D eigenvalue weighted by Crippen LogP contribution is 2.18. The summed E-state index contributed by atoms with van der Waals surface area (Å²) in [6.07, 6.45) is 10.1. The van der Waals surface area contributed by atoms with Crippen molar-refractivity contribution in [3.8, 4) is 0 Å². The molecular weight excluding hydrogens is 188 g/mol. The van der Waals surface area contributed by atoms with E-state index in [9.17, 15) is 4.79 Å². The third-order valence-corrected chi connectivity index (χ3v) is 3.07. The molecule has 0 spiro atoms. The van der Waals surface area contributed by atoms with Crippen molar-refractivity contribution in [1.82, 2.24) is 10.6 Å². The van der Waals surface area contributed by atoms with Crippen molar-refractivity contribution in [1.29, 1.82) is 0 Å². The van der Waals surface area contributed by atoms with Gasteiger partial charge in [0.05, 0.1) is 6.04 Å². The summed E-state index contributed by atoms with van der Waals surface area (Å²) in [5.74, 6) is 0.159. The molecule has 3 nitrogen and oxygen atoms in total. The van der Waals surface area contributed by atoms with Crippen LogP contribution in [0.3, 0.4) is 0 Å². The lowest BCUT2D eigenvalue weighted by Gasteiger charge is -2.23. The van der Waals surface area contributed by atoms with Crippen LogP contribution in [-0.2, 0) is 4.79 Å². The number of rotatable bonds is 4. The minimum atomic E-state index is -0.0536. The molecular formula is C12H20N2O. The SMILES string of the molecule is CC(NC1CC=CCC1)C(=O)NC1CC1. The average molecular weight is 208 g/mol. The third-order valence-electron chi connectivity index (χ3n) is 3.07. The molecule has 2 aliphatic carbocycles. The number of carbonyl (C=O) groups excluding carboxylic acids is 1. The number of hydrogen-bond acceptors (Lipinski definition) is 2. The van der Waals surface area contributed by atoms with Crippen LogP contribution in [0.2, 0.25) is 0 Å². The predicted molar refractivity (Wildman–Crippen MR) is 60.5 cm³/mol. The summed E-state index contributed by atoms with van der Waals surface area (Å²) in [6, 6.07) is 0.894. The fourth-order valence-electron chi connectivity index (χ4n) is 1.93. The van der Waals surface area contributed by atoms with Gasteiger partial charge in [0.25, 0.3) is 0 Å². The van der Waals surface area contributed by atoms with E-state index in [0.717, 1.165) is 32.1 Å². The fraction of sp³-hybridized carbons (Fsp3) is 0.750. The Balaban J connectivity index is 1.72. The van der Waals surface area contributed by atoms with Crippen molar-refractivity contribution < 1.29 is 4.79 Å². The van der Waals surface area contributed by atoms with Crippen molar-refractivity contribution >= 4 is 5.91 Å². The average Bonchev–Trinajstić information content (AvgIpc) is 3.03. The van der Waals surface area contributed by atoms with Crippen molar-refractivity contribution in [2.24, 2.45) is 0 Å². The second kappa shape index (κ2) is 4.79. The Kier molecular flexibility index (Phi) is 3.41. The highest BCUT2D eigenvalue weighted by atomic mass is 16.2. The van der Waals surface area contributed by atoms with E-state index in [0.29, 0.717) is 12.1 Å². The second-order valence-corrected chi connectivity index (χ2v) is 4.65. The van der Waals surface area contributed by atoms with Crippen molar-refractivity contribution in [2.75, 3.05) is 0 Å². The molecule has 0 aromatic rings. The van der Waals surface area contributed by atoms with Crippen LogP contribution in [0.5, 0.6) is 0 Å². The summed E-state index contributed by atoms with van der Waals surface area (Å²) in [4.78, 5) is 11.7. The van der Waals surface area contributed by atoms with Gasteiger partial charge in [-0.15, -0.1) is 0 Å². The van der Waals surface area contributed by atoms with Gasteiger partial charge in [0.2, 0.25) is 5.91 Å². The number of carbonyl (C=O) groups is 1. The quantitative estimate of drug-likeness (QED) is 0.685. The zero-order valence-electron chi connectivity index (χ0n) is 9.33. The molecule has 0 aliphatic heterocycles. The number of nitrogens with one attached hydrogen (secondary N) is 2. The van der Waals surface area contributed by atoms with Gasteiger partial charge in [-0.2, -0.15) is 0 Å². The molecule has 2 unspecified atom stereocenters. The van der Waals surface area contributed by atoms with Crippen molar-refractivity contribution in [2.45, 2.75) is 57.2 Å². The van der Waals surface area contributed by atoms with E-state index in [1.807, 2.05) is 6.92 Å². The van der Waals surface area contributed by atoms with Gasteiger partial charge < -0.3 is 10.6 Å². The smallest absolute Gasteiger partial charge is 0.237 e. The summed E-state index contributed by atoms with van der Waals surface area (Å²) in [7, 11) is 0. The van der Waals surface area contributed by atoms with Crippen LogP contribution >= 0.6 is 0 Å². The Morgan fingerprint density at radius 1 is 1.27 bits per heavy atom. The number of amides is 1. The van der Waals surface area contributed by atoms with E-state index < -0.39 is 0 Å². The van der Waals surface area contributed by atoms with Gasteiger partial charge in [-0.25, -0.2) is 0 Å². The summed E-state index contributed by atoms with van der Waals surface area (Å²) in [5, 5.41) is 6.41. The highest BCUT2D eigenvalue weighted by Gasteiger charge is 2.26. The van der Waals surface area contributed by atoms with Crippen LogP contribution in [0, 0.1) is 0 Å². The summed E-state index contributed by atoms with van der Waals surface area (Å²) in [5.41, 5.74) is 0. The number of hydrogen-bond donors (Lipinski definition) is 2. The molecule has 1 fully saturated rings. The van der Waals surface area contributed by atoms with Crippen molar-refractivity contribution in [3.63, 3.8) is 0 Å². The molecule has 0 saturated heterocycles. The lowest BCUT2D eigenvalue weighted by Crippen LogP contribution is -2.47. The van der Waals surface area contributed by atoms with E-state index in [-0.39, 0.29) is 11.9 Å². The number of allylic oxidation sites excluding steroid dienone is 1. The Hall–Kier alpha value is -0.830. The molecule has 1 saturated carbocycles. The molecule has 0 heterocycles. The zero-order valence-corrected chi connectivity index (χ0v) is 9.33. The summed E-state index contributed by atoms with van der Waals surface area (Å²) < 4.78 is 0. The first-order chi connectivity index (χ1) is 7.25.